The van der Waals surface area contributed by atoms with E-state index in [1.54, 1.807) is 0 Å². The minimum atomic E-state index is -0.215. The maximum absolute atomic E-state index is 11.9. The third kappa shape index (κ3) is 2.97. The molecule has 1 amide bonds. The average molecular weight is 285 g/mol. The maximum atomic E-state index is 11.9. The van der Waals surface area contributed by atoms with E-state index in [9.17, 15) is 4.79 Å². The van der Waals surface area contributed by atoms with E-state index < -0.39 is 0 Å². The van der Waals surface area contributed by atoms with Gasteiger partial charge in [-0.3, -0.25) is 4.79 Å². The summed E-state index contributed by atoms with van der Waals surface area (Å²) in [7, 11) is 0. The summed E-state index contributed by atoms with van der Waals surface area (Å²) in [6.07, 6.45) is 8.37. The van der Waals surface area contributed by atoms with Crippen molar-refractivity contribution in [2.24, 2.45) is 5.92 Å². The predicted molar refractivity (Wildman–Crippen MR) is 85.5 cm³/mol. The summed E-state index contributed by atoms with van der Waals surface area (Å²) < 4.78 is 6.16. The van der Waals surface area contributed by atoms with Crippen molar-refractivity contribution in [3.05, 3.63) is 29.3 Å². The molecule has 3 rings (SSSR count). The molecule has 1 fully saturated rings. The molecule has 2 aliphatic rings. The van der Waals surface area contributed by atoms with Gasteiger partial charge < -0.3 is 10.1 Å². The molecule has 0 spiro atoms. The molecule has 0 bridgehead atoms. The number of carbonyl (C=O) groups is 1. The van der Waals surface area contributed by atoms with E-state index in [1.807, 2.05) is 19.1 Å². The number of hydrogen-bond acceptors (Lipinski definition) is 2. The zero-order chi connectivity index (χ0) is 15.0. The summed E-state index contributed by atoms with van der Waals surface area (Å²) >= 11 is 0. The zero-order valence-electron chi connectivity index (χ0n) is 13.0. The predicted octanol–water partition coefficient (Wildman–Crippen LogP) is 4.31. The van der Waals surface area contributed by atoms with Crippen LogP contribution in [0.1, 0.15) is 50.7 Å². The lowest BCUT2D eigenvalue weighted by Crippen LogP contribution is -2.31. The standard InChI is InChI=1S/C18H23NO2/c1-4-8-18(3)9-7-14-11-15(12(2)10-16(14)21-18)19-17(20)13-5-6-13/h7,9-11,13H,4-6,8H2,1-3H3,(H,19,20). The molecule has 1 heterocycles. The number of ether oxygens (including phenoxy) is 1. The van der Waals surface area contributed by atoms with Crippen LogP contribution in [0, 0.1) is 12.8 Å². The molecule has 1 aliphatic heterocycles. The molecule has 0 radical (unpaired) electrons. The number of aryl methyl sites for hydroxylation is 1. The first kappa shape index (κ1) is 14.2. The van der Waals surface area contributed by atoms with Crippen molar-refractivity contribution in [3.8, 4) is 5.75 Å². The molecule has 3 heteroatoms. The summed E-state index contributed by atoms with van der Waals surface area (Å²) in [6, 6.07) is 4.06. The SMILES string of the molecule is CCCC1(C)C=Cc2cc(NC(=O)C3CC3)c(C)cc2O1. The third-order valence-electron chi connectivity index (χ3n) is 4.27. The van der Waals surface area contributed by atoms with Crippen LogP contribution in [0.4, 0.5) is 5.69 Å². The van der Waals surface area contributed by atoms with Gasteiger partial charge in [-0.05, 0) is 56.9 Å². The first-order valence-electron chi connectivity index (χ1n) is 7.84. The number of rotatable bonds is 4. The van der Waals surface area contributed by atoms with Gasteiger partial charge in [0.05, 0.1) is 0 Å². The van der Waals surface area contributed by atoms with Gasteiger partial charge in [-0.2, -0.15) is 0 Å². The Balaban J connectivity index is 1.84. The van der Waals surface area contributed by atoms with Crippen molar-refractivity contribution < 1.29 is 9.53 Å². The number of benzene rings is 1. The minimum absolute atomic E-state index is 0.148. The van der Waals surface area contributed by atoms with Crippen molar-refractivity contribution in [2.45, 2.75) is 52.1 Å². The number of anilines is 1. The normalized spacial score (nSPS) is 23.4. The Kier molecular flexibility index (Phi) is 3.52. The molecule has 112 valence electrons. The van der Waals surface area contributed by atoms with Crippen molar-refractivity contribution in [1.82, 2.24) is 0 Å². The van der Waals surface area contributed by atoms with Gasteiger partial charge in [0.25, 0.3) is 0 Å². The van der Waals surface area contributed by atoms with Crippen molar-refractivity contribution in [3.63, 3.8) is 0 Å². The van der Waals surface area contributed by atoms with Gasteiger partial charge in [-0.15, -0.1) is 0 Å². The zero-order valence-corrected chi connectivity index (χ0v) is 13.0. The first-order chi connectivity index (χ1) is 10.0. The average Bonchev–Trinajstić information content (AvgIpc) is 3.24. The van der Waals surface area contributed by atoms with Gasteiger partial charge in [-0.1, -0.05) is 19.4 Å². The second kappa shape index (κ2) is 5.21. The number of carbonyl (C=O) groups excluding carboxylic acids is 1. The molecule has 1 aromatic rings. The Morgan fingerprint density at radius 2 is 2.19 bits per heavy atom. The van der Waals surface area contributed by atoms with Gasteiger partial charge in [-0.25, -0.2) is 0 Å². The molecule has 1 unspecified atom stereocenters. The summed E-state index contributed by atoms with van der Waals surface area (Å²) in [5, 5.41) is 3.04. The fraction of sp³-hybridized carbons (Fsp3) is 0.500. The molecule has 21 heavy (non-hydrogen) atoms. The summed E-state index contributed by atoms with van der Waals surface area (Å²) in [5.74, 6) is 1.28. The van der Waals surface area contributed by atoms with Crippen LogP contribution < -0.4 is 10.1 Å². The molecular weight excluding hydrogens is 262 g/mol. The Bertz CT molecular complexity index is 601. The summed E-state index contributed by atoms with van der Waals surface area (Å²) in [5.41, 5.74) is 2.78. The highest BCUT2D eigenvalue weighted by atomic mass is 16.5. The Labute approximate surface area is 126 Å². The van der Waals surface area contributed by atoms with Crippen LogP contribution in [0.2, 0.25) is 0 Å². The number of fused-ring (bicyclic) bond motifs is 1. The number of nitrogens with one attached hydrogen (secondary N) is 1. The molecular formula is C18H23NO2. The van der Waals surface area contributed by atoms with Crippen LogP contribution in [0.5, 0.6) is 5.75 Å². The van der Waals surface area contributed by atoms with Crippen LogP contribution in [-0.4, -0.2) is 11.5 Å². The molecule has 3 nitrogen and oxygen atoms in total. The van der Waals surface area contributed by atoms with Crippen LogP contribution >= 0.6 is 0 Å². The second-order valence-electron chi connectivity index (χ2n) is 6.47. The highest BCUT2D eigenvalue weighted by Crippen LogP contribution is 2.37. The third-order valence-corrected chi connectivity index (χ3v) is 4.27. The van der Waals surface area contributed by atoms with E-state index in [2.05, 4.69) is 31.3 Å². The van der Waals surface area contributed by atoms with E-state index in [-0.39, 0.29) is 17.4 Å². The van der Waals surface area contributed by atoms with Gasteiger partial charge in [0.1, 0.15) is 11.4 Å². The van der Waals surface area contributed by atoms with Gasteiger partial charge in [0, 0.05) is 17.2 Å². The number of hydrogen-bond donors (Lipinski definition) is 1. The van der Waals surface area contributed by atoms with Gasteiger partial charge in [0.15, 0.2) is 0 Å². The Hall–Kier alpha value is -1.77. The molecule has 1 saturated carbocycles. The molecule has 1 atom stereocenters. The van der Waals surface area contributed by atoms with Crippen LogP contribution in [-0.2, 0) is 4.79 Å². The monoisotopic (exact) mass is 285 g/mol. The van der Waals surface area contributed by atoms with E-state index >= 15 is 0 Å². The largest absolute Gasteiger partial charge is 0.483 e. The number of amides is 1. The lowest BCUT2D eigenvalue weighted by atomic mass is 9.94. The minimum Gasteiger partial charge on any atom is -0.483 e. The van der Waals surface area contributed by atoms with Gasteiger partial charge in [0.2, 0.25) is 5.91 Å². The highest BCUT2D eigenvalue weighted by Gasteiger charge is 2.30. The van der Waals surface area contributed by atoms with E-state index in [4.69, 9.17) is 4.74 Å². The lowest BCUT2D eigenvalue weighted by molar-refractivity contribution is -0.117. The maximum Gasteiger partial charge on any atom is 0.227 e. The topological polar surface area (TPSA) is 38.3 Å². The summed E-state index contributed by atoms with van der Waals surface area (Å²) in [6.45, 7) is 6.30. The van der Waals surface area contributed by atoms with Crippen LogP contribution in [0.25, 0.3) is 6.08 Å². The molecule has 1 aromatic carbocycles. The fourth-order valence-corrected chi connectivity index (χ4v) is 2.81. The van der Waals surface area contributed by atoms with E-state index in [0.29, 0.717) is 0 Å². The second-order valence-corrected chi connectivity index (χ2v) is 6.47. The molecule has 0 saturated heterocycles. The molecule has 1 aliphatic carbocycles. The van der Waals surface area contributed by atoms with Crippen molar-refractivity contribution in [2.75, 3.05) is 5.32 Å². The smallest absolute Gasteiger partial charge is 0.227 e. The Morgan fingerprint density at radius 3 is 2.86 bits per heavy atom. The van der Waals surface area contributed by atoms with Crippen LogP contribution in [0.3, 0.4) is 0 Å². The highest BCUT2D eigenvalue weighted by molar-refractivity contribution is 5.95. The molecule has 0 aromatic heterocycles. The van der Waals surface area contributed by atoms with Crippen molar-refractivity contribution >= 4 is 17.7 Å². The van der Waals surface area contributed by atoms with Crippen molar-refractivity contribution in [1.29, 1.82) is 0 Å². The fourth-order valence-electron chi connectivity index (χ4n) is 2.81. The van der Waals surface area contributed by atoms with E-state index in [0.717, 1.165) is 48.2 Å². The van der Waals surface area contributed by atoms with E-state index in [1.165, 1.54) is 0 Å². The summed E-state index contributed by atoms with van der Waals surface area (Å²) in [4.78, 5) is 11.9. The first-order valence-corrected chi connectivity index (χ1v) is 7.84. The van der Waals surface area contributed by atoms with Gasteiger partial charge >= 0.3 is 0 Å². The molecule has 1 N–H and O–H groups in total. The Morgan fingerprint density at radius 1 is 1.43 bits per heavy atom. The van der Waals surface area contributed by atoms with Crippen LogP contribution in [0.15, 0.2) is 18.2 Å². The lowest BCUT2D eigenvalue weighted by Gasteiger charge is -2.32. The quantitative estimate of drug-likeness (QED) is 0.895.